The number of carbonyl (C=O) groups is 1. The Labute approximate surface area is 120 Å². The lowest BCUT2D eigenvalue weighted by molar-refractivity contribution is 0.0697. The van der Waals surface area contributed by atoms with Crippen LogP contribution >= 0.6 is 11.8 Å². The maximum absolute atomic E-state index is 10.8. The van der Waals surface area contributed by atoms with Crippen molar-refractivity contribution in [2.75, 3.05) is 0 Å². The van der Waals surface area contributed by atoms with Gasteiger partial charge in [-0.15, -0.1) is 11.8 Å². The Kier molecular flexibility index (Phi) is 3.43. The number of thioether (sulfide) groups is 1. The Hall–Kier alpha value is -2.27. The minimum absolute atomic E-state index is 0.307. The zero-order chi connectivity index (χ0) is 13.9. The standard InChI is InChI=1S/C15H12N2O2S/c18-15(19)11-4-6-13(7-5-11)20-10-12-9-17-8-2-1-3-14(17)16-12/h1-9H,10H2,(H,18,19). The molecule has 0 spiro atoms. The highest BCUT2D eigenvalue weighted by atomic mass is 32.2. The predicted octanol–water partition coefficient (Wildman–Crippen LogP) is 3.32. The number of pyridine rings is 1. The van der Waals surface area contributed by atoms with E-state index in [0.29, 0.717) is 5.56 Å². The van der Waals surface area contributed by atoms with Gasteiger partial charge in [0.15, 0.2) is 0 Å². The lowest BCUT2D eigenvalue weighted by Crippen LogP contribution is -1.94. The fourth-order valence-electron chi connectivity index (χ4n) is 1.91. The van der Waals surface area contributed by atoms with Crippen molar-refractivity contribution in [3.63, 3.8) is 0 Å². The van der Waals surface area contributed by atoms with Crippen LogP contribution in [0.5, 0.6) is 0 Å². The zero-order valence-electron chi connectivity index (χ0n) is 10.6. The number of aromatic carboxylic acids is 1. The van der Waals surface area contributed by atoms with E-state index < -0.39 is 5.97 Å². The molecule has 0 fully saturated rings. The minimum atomic E-state index is -0.901. The second-order valence-electron chi connectivity index (χ2n) is 4.32. The van der Waals surface area contributed by atoms with E-state index in [2.05, 4.69) is 4.98 Å². The van der Waals surface area contributed by atoms with E-state index in [1.807, 2.05) is 47.1 Å². The van der Waals surface area contributed by atoms with Gasteiger partial charge in [-0.05, 0) is 36.4 Å². The molecule has 0 saturated carbocycles. The summed E-state index contributed by atoms with van der Waals surface area (Å²) in [6.45, 7) is 0. The van der Waals surface area contributed by atoms with E-state index in [4.69, 9.17) is 5.11 Å². The highest BCUT2D eigenvalue weighted by Crippen LogP contribution is 2.23. The van der Waals surface area contributed by atoms with Gasteiger partial charge in [0.25, 0.3) is 0 Å². The van der Waals surface area contributed by atoms with Crippen molar-refractivity contribution in [2.24, 2.45) is 0 Å². The fraction of sp³-hybridized carbons (Fsp3) is 0.0667. The molecule has 1 aromatic carbocycles. The third kappa shape index (κ3) is 2.67. The van der Waals surface area contributed by atoms with Gasteiger partial charge in [-0.3, -0.25) is 0 Å². The smallest absolute Gasteiger partial charge is 0.335 e. The first-order chi connectivity index (χ1) is 9.72. The first-order valence-corrected chi connectivity index (χ1v) is 7.10. The highest BCUT2D eigenvalue weighted by molar-refractivity contribution is 7.98. The quantitative estimate of drug-likeness (QED) is 0.747. The number of benzene rings is 1. The average molecular weight is 284 g/mol. The molecule has 100 valence electrons. The monoisotopic (exact) mass is 284 g/mol. The summed E-state index contributed by atoms with van der Waals surface area (Å²) in [7, 11) is 0. The molecular weight excluding hydrogens is 272 g/mol. The van der Waals surface area contributed by atoms with Crippen LogP contribution in [0.3, 0.4) is 0 Å². The molecule has 0 amide bonds. The maximum Gasteiger partial charge on any atom is 0.335 e. The van der Waals surface area contributed by atoms with E-state index in [1.165, 1.54) is 0 Å². The van der Waals surface area contributed by atoms with E-state index >= 15 is 0 Å². The van der Waals surface area contributed by atoms with Crippen LogP contribution in [-0.2, 0) is 5.75 Å². The minimum Gasteiger partial charge on any atom is -0.478 e. The Morgan fingerprint density at radius 2 is 2.00 bits per heavy atom. The van der Waals surface area contributed by atoms with Crippen molar-refractivity contribution in [1.29, 1.82) is 0 Å². The first-order valence-electron chi connectivity index (χ1n) is 6.11. The van der Waals surface area contributed by atoms with Crippen LogP contribution in [0.1, 0.15) is 16.1 Å². The third-order valence-electron chi connectivity index (χ3n) is 2.90. The molecule has 1 N–H and O–H groups in total. The Morgan fingerprint density at radius 3 is 2.70 bits per heavy atom. The number of imidazole rings is 1. The Morgan fingerprint density at radius 1 is 1.20 bits per heavy atom. The Bertz CT molecular complexity index is 717. The molecule has 3 aromatic rings. The molecule has 2 heterocycles. The molecule has 0 saturated heterocycles. The van der Waals surface area contributed by atoms with Crippen molar-refractivity contribution in [2.45, 2.75) is 10.6 Å². The number of nitrogens with zero attached hydrogens (tertiary/aromatic N) is 2. The summed E-state index contributed by atoms with van der Waals surface area (Å²) in [5.41, 5.74) is 2.25. The van der Waals surface area contributed by atoms with Crippen LogP contribution < -0.4 is 0 Å². The van der Waals surface area contributed by atoms with Crippen LogP contribution in [0.15, 0.2) is 59.8 Å². The third-order valence-corrected chi connectivity index (χ3v) is 3.95. The van der Waals surface area contributed by atoms with Gasteiger partial charge in [0.05, 0.1) is 11.3 Å². The highest BCUT2D eigenvalue weighted by Gasteiger charge is 2.04. The topological polar surface area (TPSA) is 54.6 Å². The summed E-state index contributed by atoms with van der Waals surface area (Å²) in [6.07, 6.45) is 3.98. The second-order valence-corrected chi connectivity index (χ2v) is 5.37. The molecule has 0 bridgehead atoms. The number of hydrogen-bond donors (Lipinski definition) is 1. The predicted molar refractivity (Wildman–Crippen MR) is 78.2 cm³/mol. The molecule has 0 aliphatic heterocycles. The van der Waals surface area contributed by atoms with Gasteiger partial charge in [-0.1, -0.05) is 6.07 Å². The van der Waals surface area contributed by atoms with Crippen molar-refractivity contribution < 1.29 is 9.90 Å². The average Bonchev–Trinajstić information content (AvgIpc) is 2.88. The molecule has 4 nitrogen and oxygen atoms in total. The first kappa shape index (κ1) is 12.7. The zero-order valence-corrected chi connectivity index (χ0v) is 11.4. The molecule has 20 heavy (non-hydrogen) atoms. The van der Waals surface area contributed by atoms with Crippen molar-refractivity contribution in [3.8, 4) is 0 Å². The van der Waals surface area contributed by atoms with E-state index in [1.54, 1.807) is 23.9 Å². The van der Waals surface area contributed by atoms with Crippen molar-refractivity contribution >= 4 is 23.4 Å². The van der Waals surface area contributed by atoms with Crippen LogP contribution in [0.2, 0.25) is 0 Å². The SMILES string of the molecule is O=C(O)c1ccc(SCc2cn3ccccc3n2)cc1. The van der Waals surface area contributed by atoms with Crippen LogP contribution in [0, 0.1) is 0 Å². The van der Waals surface area contributed by atoms with Gasteiger partial charge in [0, 0.05) is 23.0 Å². The number of carboxylic acid groups (broad SMARTS) is 1. The van der Waals surface area contributed by atoms with E-state index in [0.717, 1.165) is 22.0 Å². The van der Waals surface area contributed by atoms with Gasteiger partial charge in [0.1, 0.15) is 5.65 Å². The van der Waals surface area contributed by atoms with Gasteiger partial charge in [0.2, 0.25) is 0 Å². The number of rotatable bonds is 4. The molecule has 0 atom stereocenters. The molecule has 0 aliphatic carbocycles. The lowest BCUT2D eigenvalue weighted by Gasteiger charge is -2.00. The number of hydrogen-bond acceptors (Lipinski definition) is 3. The largest absolute Gasteiger partial charge is 0.478 e. The molecule has 0 unspecified atom stereocenters. The van der Waals surface area contributed by atoms with E-state index in [9.17, 15) is 4.79 Å². The van der Waals surface area contributed by atoms with Crippen molar-refractivity contribution in [3.05, 3.63) is 66.1 Å². The summed E-state index contributed by atoms with van der Waals surface area (Å²) in [6, 6.07) is 12.8. The molecule has 3 rings (SSSR count). The molecule has 0 aliphatic rings. The molecule has 0 radical (unpaired) electrons. The summed E-state index contributed by atoms with van der Waals surface area (Å²) in [5.74, 6) is -0.143. The van der Waals surface area contributed by atoms with Gasteiger partial charge in [-0.25, -0.2) is 9.78 Å². The summed E-state index contributed by atoms with van der Waals surface area (Å²) >= 11 is 1.64. The number of carboxylic acids is 1. The van der Waals surface area contributed by atoms with Crippen molar-refractivity contribution in [1.82, 2.24) is 9.38 Å². The fourth-order valence-corrected chi connectivity index (χ4v) is 2.69. The molecule has 5 heteroatoms. The van der Waals surface area contributed by atoms with Gasteiger partial charge in [-0.2, -0.15) is 0 Å². The second kappa shape index (κ2) is 5.38. The van der Waals surface area contributed by atoms with Gasteiger partial charge >= 0.3 is 5.97 Å². The Balaban J connectivity index is 1.71. The number of fused-ring (bicyclic) bond motifs is 1. The van der Waals surface area contributed by atoms with Crippen LogP contribution in [0.25, 0.3) is 5.65 Å². The molecule has 2 aromatic heterocycles. The van der Waals surface area contributed by atoms with Gasteiger partial charge < -0.3 is 9.51 Å². The maximum atomic E-state index is 10.8. The molecular formula is C15H12N2O2S. The van der Waals surface area contributed by atoms with Crippen LogP contribution in [-0.4, -0.2) is 20.5 Å². The normalized spacial score (nSPS) is 10.8. The van der Waals surface area contributed by atoms with E-state index in [-0.39, 0.29) is 0 Å². The van der Waals surface area contributed by atoms with Crippen LogP contribution in [0.4, 0.5) is 0 Å². The number of aromatic nitrogens is 2. The summed E-state index contributed by atoms with van der Waals surface area (Å²) in [4.78, 5) is 16.3. The summed E-state index contributed by atoms with van der Waals surface area (Å²) < 4.78 is 1.99. The lowest BCUT2D eigenvalue weighted by atomic mass is 10.2. The summed E-state index contributed by atoms with van der Waals surface area (Å²) in [5, 5.41) is 8.84.